The molecule has 0 bridgehead atoms. The van der Waals surface area contributed by atoms with Crippen LogP contribution in [0.4, 0.5) is 0 Å². The van der Waals surface area contributed by atoms with Crippen molar-refractivity contribution >= 4 is 0 Å². The Balaban J connectivity index is 1.54. The van der Waals surface area contributed by atoms with E-state index in [0.717, 1.165) is 6.54 Å². The van der Waals surface area contributed by atoms with E-state index in [1.54, 1.807) is 11.1 Å². The summed E-state index contributed by atoms with van der Waals surface area (Å²) in [6.45, 7) is 1.02. The molecule has 0 aliphatic heterocycles. The van der Waals surface area contributed by atoms with E-state index in [0.29, 0.717) is 12.1 Å². The summed E-state index contributed by atoms with van der Waals surface area (Å²) in [7, 11) is 0. The van der Waals surface area contributed by atoms with E-state index < -0.39 is 0 Å². The van der Waals surface area contributed by atoms with E-state index in [4.69, 9.17) is 5.73 Å². The number of aryl methyl sites for hydroxylation is 2. The lowest BCUT2D eigenvalue weighted by atomic mass is 9.91. The first kappa shape index (κ1) is 12.2. The van der Waals surface area contributed by atoms with Crippen LogP contribution in [0.1, 0.15) is 48.8 Å². The third-order valence-corrected chi connectivity index (χ3v) is 4.53. The summed E-state index contributed by atoms with van der Waals surface area (Å²) in [6.07, 6.45) is 8.75. The summed E-state index contributed by atoms with van der Waals surface area (Å²) in [5.74, 6) is 0. The summed E-state index contributed by atoms with van der Waals surface area (Å²) >= 11 is 0. The third-order valence-electron chi connectivity index (χ3n) is 4.53. The Morgan fingerprint density at radius 2 is 1.83 bits per heavy atom. The second-order valence-corrected chi connectivity index (χ2v) is 5.95. The van der Waals surface area contributed by atoms with Crippen LogP contribution in [0, 0.1) is 0 Å². The van der Waals surface area contributed by atoms with Crippen LogP contribution in [0.5, 0.6) is 0 Å². The van der Waals surface area contributed by atoms with Gasteiger partial charge in [0.25, 0.3) is 0 Å². The van der Waals surface area contributed by atoms with E-state index in [-0.39, 0.29) is 0 Å². The molecule has 3 rings (SSSR count). The fourth-order valence-electron chi connectivity index (χ4n) is 3.32. The maximum atomic E-state index is 5.94. The van der Waals surface area contributed by atoms with Crippen molar-refractivity contribution in [1.29, 1.82) is 0 Å². The summed E-state index contributed by atoms with van der Waals surface area (Å²) in [5, 5.41) is 3.69. The number of hydrogen-bond donors (Lipinski definition) is 2. The molecule has 1 aromatic carbocycles. The minimum absolute atomic E-state index is 0.447. The highest BCUT2D eigenvalue weighted by atomic mass is 14.9. The molecule has 2 nitrogen and oxygen atoms in total. The largest absolute Gasteiger partial charge is 0.328 e. The van der Waals surface area contributed by atoms with Crippen LogP contribution >= 0.6 is 0 Å². The van der Waals surface area contributed by atoms with Crippen molar-refractivity contribution in [3.8, 4) is 0 Å². The topological polar surface area (TPSA) is 38.0 Å². The zero-order chi connectivity index (χ0) is 12.4. The van der Waals surface area contributed by atoms with Crippen LogP contribution in [0.15, 0.2) is 18.2 Å². The van der Waals surface area contributed by atoms with Crippen molar-refractivity contribution in [1.82, 2.24) is 5.32 Å². The molecule has 98 valence electrons. The molecule has 0 atom stereocenters. The van der Waals surface area contributed by atoms with Crippen LogP contribution in [0.3, 0.4) is 0 Å². The maximum Gasteiger partial charge on any atom is 0.0208 e. The maximum absolute atomic E-state index is 5.94. The lowest BCUT2D eigenvalue weighted by Gasteiger charge is -2.27. The van der Waals surface area contributed by atoms with Crippen LogP contribution in [-0.4, -0.2) is 12.1 Å². The Morgan fingerprint density at radius 1 is 1.06 bits per heavy atom. The second kappa shape index (κ2) is 5.41. The van der Waals surface area contributed by atoms with E-state index in [2.05, 4.69) is 23.5 Å². The van der Waals surface area contributed by atoms with Gasteiger partial charge in [-0.25, -0.2) is 0 Å². The van der Waals surface area contributed by atoms with Crippen LogP contribution in [0.25, 0.3) is 0 Å². The lowest BCUT2D eigenvalue weighted by molar-refractivity contribution is 0.342. The molecule has 0 unspecified atom stereocenters. The first-order chi connectivity index (χ1) is 8.81. The molecule has 2 aliphatic carbocycles. The number of nitrogens with two attached hydrogens (primary N) is 1. The second-order valence-electron chi connectivity index (χ2n) is 5.95. The molecule has 18 heavy (non-hydrogen) atoms. The van der Waals surface area contributed by atoms with Gasteiger partial charge < -0.3 is 11.1 Å². The Hall–Kier alpha value is -0.860. The highest BCUT2D eigenvalue weighted by Gasteiger charge is 2.18. The SMILES string of the molecule is NC1CCC(NCc2ccc3c(c2)CCC3)CC1. The molecule has 0 amide bonds. The van der Waals surface area contributed by atoms with Crippen molar-refractivity contribution in [2.75, 3.05) is 0 Å². The standard InChI is InChI=1S/C16H24N2/c17-15-6-8-16(9-7-15)18-11-12-4-5-13-2-1-3-14(13)10-12/h4-5,10,15-16,18H,1-3,6-9,11,17H2. The predicted molar refractivity (Wildman–Crippen MR) is 75.5 cm³/mol. The van der Waals surface area contributed by atoms with Crippen molar-refractivity contribution in [2.45, 2.75) is 63.6 Å². The minimum Gasteiger partial charge on any atom is -0.328 e. The predicted octanol–water partition coefficient (Wildman–Crippen LogP) is 2.53. The smallest absolute Gasteiger partial charge is 0.0208 e. The highest BCUT2D eigenvalue weighted by molar-refractivity contribution is 5.35. The van der Waals surface area contributed by atoms with Gasteiger partial charge in [0, 0.05) is 18.6 Å². The van der Waals surface area contributed by atoms with Crippen LogP contribution in [-0.2, 0) is 19.4 Å². The molecule has 3 N–H and O–H groups in total. The van der Waals surface area contributed by atoms with E-state index >= 15 is 0 Å². The van der Waals surface area contributed by atoms with Crippen molar-refractivity contribution < 1.29 is 0 Å². The third kappa shape index (κ3) is 2.76. The van der Waals surface area contributed by atoms with E-state index in [1.807, 2.05) is 0 Å². The molecule has 2 heteroatoms. The fraction of sp³-hybridized carbons (Fsp3) is 0.625. The Morgan fingerprint density at radius 3 is 2.67 bits per heavy atom. The van der Waals surface area contributed by atoms with Crippen molar-refractivity contribution in [3.63, 3.8) is 0 Å². The lowest BCUT2D eigenvalue weighted by Crippen LogP contribution is -2.37. The Kier molecular flexibility index (Phi) is 3.67. The van der Waals surface area contributed by atoms with Crippen LogP contribution in [0.2, 0.25) is 0 Å². The normalized spacial score (nSPS) is 27.2. The van der Waals surface area contributed by atoms with Gasteiger partial charge >= 0.3 is 0 Å². The molecule has 1 aromatic rings. The molecule has 0 spiro atoms. The molecule has 1 saturated carbocycles. The zero-order valence-corrected chi connectivity index (χ0v) is 11.1. The molecule has 0 aromatic heterocycles. The van der Waals surface area contributed by atoms with Gasteiger partial charge in [-0.05, 0) is 61.6 Å². The number of rotatable bonds is 3. The van der Waals surface area contributed by atoms with Crippen molar-refractivity contribution in [3.05, 3.63) is 34.9 Å². The molecular formula is C16H24N2. The average Bonchev–Trinajstić information content (AvgIpc) is 2.85. The van der Waals surface area contributed by atoms with Gasteiger partial charge in [0.05, 0.1) is 0 Å². The molecule has 0 radical (unpaired) electrons. The summed E-state index contributed by atoms with van der Waals surface area (Å²) in [4.78, 5) is 0. The zero-order valence-electron chi connectivity index (χ0n) is 11.1. The van der Waals surface area contributed by atoms with E-state index in [9.17, 15) is 0 Å². The molecule has 0 heterocycles. The molecule has 2 aliphatic rings. The van der Waals surface area contributed by atoms with E-state index in [1.165, 1.54) is 50.5 Å². The molecule has 1 fully saturated rings. The average molecular weight is 244 g/mol. The summed E-state index contributed by atoms with van der Waals surface area (Å²) in [6, 6.07) is 8.16. The quantitative estimate of drug-likeness (QED) is 0.857. The summed E-state index contributed by atoms with van der Waals surface area (Å²) in [5.41, 5.74) is 10.5. The Labute approximate surface area is 110 Å². The number of fused-ring (bicyclic) bond motifs is 1. The van der Waals surface area contributed by atoms with Gasteiger partial charge in [0.2, 0.25) is 0 Å². The van der Waals surface area contributed by atoms with Crippen molar-refractivity contribution in [2.24, 2.45) is 5.73 Å². The van der Waals surface area contributed by atoms with Gasteiger partial charge in [-0.15, -0.1) is 0 Å². The number of hydrogen-bond acceptors (Lipinski definition) is 2. The minimum atomic E-state index is 0.447. The van der Waals surface area contributed by atoms with Gasteiger partial charge in [-0.3, -0.25) is 0 Å². The number of nitrogens with one attached hydrogen (secondary N) is 1. The monoisotopic (exact) mass is 244 g/mol. The molecular weight excluding hydrogens is 220 g/mol. The van der Waals surface area contributed by atoms with Gasteiger partial charge in [0.15, 0.2) is 0 Å². The highest BCUT2D eigenvalue weighted by Crippen LogP contribution is 2.23. The summed E-state index contributed by atoms with van der Waals surface area (Å²) < 4.78 is 0. The van der Waals surface area contributed by atoms with Crippen LogP contribution < -0.4 is 11.1 Å². The Bertz CT molecular complexity index is 406. The van der Waals surface area contributed by atoms with Gasteiger partial charge in [-0.2, -0.15) is 0 Å². The first-order valence-corrected chi connectivity index (χ1v) is 7.41. The van der Waals surface area contributed by atoms with Gasteiger partial charge in [0.1, 0.15) is 0 Å². The first-order valence-electron chi connectivity index (χ1n) is 7.41. The van der Waals surface area contributed by atoms with Gasteiger partial charge in [-0.1, -0.05) is 18.2 Å². The molecule has 0 saturated heterocycles. The fourth-order valence-corrected chi connectivity index (χ4v) is 3.32. The number of benzene rings is 1.